The number of hydrogen-bond acceptors (Lipinski definition) is 3. The fourth-order valence-corrected chi connectivity index (χ4v) is 2.28. The molecule has 0 unspecified atom stereocenters. The Morgan fingerprint density at radius 1 is 1.40 bits per heavy atom. The van der Waals surface area contributed by atoms with E-state index in [1.54, 1.807) is 0 Å². The summed E-state index contributed by atoms with van der Waals surface area (Å²) in [5, 5.41) is 0. The standard InChI is InChI=1S/C11H23N3O/c1-8(2)10(11(15)13-12)14-6-4-9(3)5-7-14/h8-10H,4-7,12H2,1-3H3,(H,13,15)/t10-/m0/s1. The van der Waals surface area contributed by atoms with Gasteiger partial charge in [-0.25, -0.2) is 5.84 Å². The number of hydrogen-bond donors (Lipinski definition) is 2. The lowest BCUT2D eigenvalue weighted by Crippen LogP contribution is -2.53. The third-order valence-electron chi connectivity index (χ3n) is 3.25. The third kappa shape index (κ3) is 3.18. The monoisotopic (exact) mass is 213 g/mol. The van der Waals surface area contributed by atoms with Crippen LogP contribution in [0.25, 0.3) is 0 Å². The molecule has 1 fully saturated rings. The normalized spacial score (nSPS) is 21.7. The number of likely N-dealkylation sites (tertiary alicyclic amines) is 1. The van der Waals surface area contributed by atoms with Crippen LogP contribution in [-0.4, -0.2) is 29.9 Å². The number of piperidine rings is 1. The van der Waals surface area contributed by atoms with E-state index in [1.807, 2.05) is 0 Å². The molecule has 0 radical (unpaired) electrons. The lowest BCUT2D eigenvalue weighted by molar-refractivity contribution is -0.128. The Morgan fingerprint density at radius 3 is 2.33 bits per heavy atom. The summed E-state index contributed by atoms with van der Waals surface area (Å²) in [6.45, 7) is 8.43. The summed E-state index contributed by atoms with van der Waals surface area (Å²) < 4.78 is 0. The van der Waals surface area contributed by atoms with Crippen LogP contribution in [0.3, 0.4) is 0 Å². The Labute approximate surface area is 92.2 Å². The molecule has 4 nitrogen and oxygen atoms in total. The number of nitrogens with zero attached hydrogens (tertiary/aromatic N) is 1. The zero-order chi connectivity index (χ0) is 11.4. The van der Waals surface area contributed by atoms with Crippen molar-refractivity contribution in [2.45, 2.75) is 39.7 Å². The van der Waals surface area contributed by atoms with Crippen molar-refractivity contribution in [3.05, 3.63) is 0 Å². The van der Waals surface area contributed by atoms with E-state index in [-0.39, 0.29) is 11.9 Å². The van der Waals surface area contributed by atoms with Gasteiger partial charge in [-0.3, -0.25) is 15.1 Å². The van der Waals surface area contributed by atoms with E-state index in [4.69, 9.17) is 5.84 Å². The van der Waals surface area contributed by atoms with E-state index in [9.17, 15) is 4.79 Å². The first-order valence-electron chi connectivity index (χ1n) is 5.80. The summed E-state index contributed by atoms with van der Waals surface area (Å²) in [5.74, 6) is 6.26. The topological polar surface area (TPSA) is 58.4 Å². The van der Waals surface area contributed by atoms with Crippen LogP contribution in [0.15, 0.2) is 0 Å². The van der Waals surface area contributed by atoms with Gasteiger partial charge in [-0.15, -0.1) is 0 Å². The van der Waals surface area contributed by atoms with Gasteiger partial charge in [0, 0.05) is 0 Å². The minimum Gasteiger partial charge on any atom is -0.293 e. The van der Waals surface area contributed by atoms with Crippen molar-refractivity contribution in [3.63, 3.8) is 0 Å². The van der Waals surface area contributed by atoms with Crippen LogP contribution in [0, 0.1) is 11.8 Å². The van der Waals surface area contributed by atoms with Gasteiger partial charge in [-0.1, -0.05) is 20.8 Å². The summed E-state index contributed by atoms with van der Waals surface area (Å²) in [4.78, 5) is 13.9. The molecule has 1 amide bonds. The minimum atomic E-state index is -0.0671. The molecule has 0 aliphatic carbocycles. The van der Waals surface area contributed by atoms with Gasteiger partial charge in [0.25, 0.3) is 5.91 Å². The first-order chi connectivity index (χ1) is 7.06. The fourth-order valence-electron chi connectivity index (χ4n) is 2.28. The summed E-state index contributed by atoms with van der Waals surface area (Å²) in [6, 6.07) is -0.0671. The number of rotatable bonds is 3. The number of carbonyl (C=O) groups excluding carboxylic acids is 1. The predicted octanol–water partition coefficient (Wildman–Crippen LogP) is 0.733. The average molecular weight is 213 g/mol. The molecule has 3 N–H and O–H groups in total. The van der Waals surface area contributed by atoms with Crippen LogP contribution >= 0.6 is 0 Å². The average Bonchev–Trinajstić information content (AvgIpc) is 2.20. The highest BCUT2D eigenvalue weighted by Crippen LogP contribution is 2.21. The molecule has 88 valence electrons. The second-order valence-electron chi connectivity index (χ2n) is 4.92. The Balaban J connectivity index is 2.60. The smallest absolute Gasteiger partial charge is 0.251 e. The van der Waals surface area contributed by atoms with E-state index < -0.39 is 0 Å². The van der Waals surface area contributed by atoms with Gasteiger partial charge >= 0.3 is 0 Å². The quantitative estimate of drug-likeness (QED) is 0.413. The Morgan fingerprint density at radius 2 is 1.93 bits per heavy atom. The van der Waals surface area contributed by atoms with Crippen LogP contribution < -0.4 is 11.3 Å². The summed E-state index contributed by atoms with van der Waals surface area (Å²) in [7, 11) is 0. The second kappa shape index (κ2) is 5.47. The number of nitrogens with one attached hydrogen (secondary N) is 1. The molecule has 0 aromatic carbocycles. The van der Waals surface area contributed by atoms with Crippen molar-refractivity contribution >= 4 is 5.91 Å². The first-order valence-corrected chi connectivity index (χ1v) is 5.80. The molecule has 0 bridgehead atoms. The van der Waals surface area contributed by atoms with Crippen molar-refractivity contribution in [1.29, 1.82) is 0 Å². The number of nitrogens with two attached hydrogens (primary N) is 1. The van der Waals surface area contributed by atoms with E-state index in [0.29, 0.717) is 5.92 Å². The zero-order valence-electron chi connectivity index (χ0n) is 9.99. The SMILES string of the molecule is CC1CCN([C@H](C(=O)NN)C(C)C)CC1. The predicted molar refractivity (Wildman–Crippen MR) is 60.9 cm³/mol. The van der Waals surface area contributed by atoms with Crippen molar-refractivity contribution in [2.24, 2.45) is 17.7 Å². The molecule has 0 spiro atoms. The van der Waals surface area contributed by atoms with Crippen LogP contribution in [0.2, 0.25) is 0 Å². The van der Waals surface area contributed by atoms with Crippen LogP contribution in [-0.2, 0) is 4.79 Å². The van der Waals surface area contributed by atoms with Crippen molar-refractivity contribution in [2.75, 3.05) is 13.1 Å². The summed E-state index contributed by atoms with van der Waals surface area (Å²) in [6.07, 6.45) is 2.36. The minimum absolute atomic E-state index is 0.0560. The number of carbonyl (C=O) groups is 1. The lowest BCUT2D eigenvalue weighted by Gasteiger charge is -2.37. The summed E-state index contributed by atoms with van der Waals surface area (Å²) in [5.41, 5.74) is 2.27. The second-order valence-corrected chi connectivity index (χ2v) is 4.92. The highest BCUT2D eigenvalue weighted by atomic mass is 16.2. The molecule has 1 aliphatic rings. The van der Waals surface area contributed by atoms with Crippen molar-refractivity contribution < 1.29 is 4.79 Å². The number of amides is 1. The maximum atomic E-state index is 11.7. The molecule has 1 heterocycles. The number of hydrazine groups is 1. The maximum absolute atomic E-state index is 11.7. The molecule has 1 atom stereocenters. The van der Waals surface area contributed by atoms with E-state index in [1.165, 1.54) is 12.8 Å². The largest absolute Gasteiger partial charge is 0.293 e. The molecular weight excluding hydrogens is 190 g/mol. The highest BCUT2D eigenvalue weighted by molar-refractivity contribution is 5.81. The van der Waals surface area contributed by atoms with Gasteiger partial charge in [0.1, 0.15) is 0 Å². The van der Waals surface area contributed by atoms with Gasteiger partial charge in [0.15, 0.2) is 0 Å². The third-order valence-corrected chi connectivity index (χ3v) is 3.25. The Bertz CT molecular complexity index is 210. The fraction of sp³-hybridized carbons (Fsp3) is 0.909. The van der Waals surface area contributed by atoms with E-state index >= 15 is 0 Å². The highest BCUT2D eigenvalue weighted by Gasteiger charge is 2.30. The van der Waals surface area contributed by atoms with Crippen molar-refractivity contribution in [1.82, 2.24) is 10.3 Å². The molecule has 1 saturated heterocycles. The molecule has 0 saturated carbocycles. The van der Waals surface area contributed by atoms with Gasteiger partial charge in [0.05, 0.1) is 6.04 Å². The lowest BCUT2D eigenvalue weighted by atomic mass is 9.94. The van der Waals surface area contributed by atoms with Gasteiger partial charge in [-0.2, -0.15) is 0 Å². The van der Waals surface area contributed by atoms with Crippen LogP contribution in [0.5, 0.6) is 0 Å². The van der Waals surface area contributed by atoms with Crippen molar-refractivity contribution in [3.8, 4) is 0 Å². The molecular formula is C11H23N3O. The molecule has 0 aromatic rings. The molecule has 1 rings (SSSR count). The first kappa shape index (κ1) is 12.5. The Kier molecular flexibility index (Phi) is 4.54. The Hall–Kier alpha value is -0.610. The van der Waals surface area contributed by atoms with Crippen LogP contribution in [0.4, 0.5) is 0 Å². The van der Waals surface area contributed by atoms with Gasteiger partial charge in [-0.05, 0) is 37.8 Å². The molecule has 4 heteroatoms. The van der Waals surface area contributed by atoms with Gasteiger partial charge in [0.2, 0.25) is 0 Å². The van der Waals surface area contributed by atoms with Crippen LogP contribution in [0.1, 0.15) is 33.6 Å². The summed E-state index contributed by atoms with van der Waals surface area (Å²) >= 11 is 0. The molecule has 15 heavy (non-hydrogen) atoms. The van der Waals surface area contributed by atoms with E-state index in [0.717, 1.165) is 19.0 Å². The zero-order valence-corrected chi connectivity index (χ0v) is 9.99. The molecule has 0 aromatic heterocycles. The maximum Gasteiger partial charge on any atom is 0.251 e. The van der Waals surface area contributed by atoms with E-state index in [2.05, 4.69) is 31.1 Å². The molecule has 1 aliphatic heterocycles. The van der Waals surface area contributed by atoms with Gasteiger partial charge < -0.3 is 0 Å².